The number of rotatable bonds is 5. The van der Waals surface area contributed by atoms with Gasteiger partial charge in [-0.2, -0.15) is 10.2 Å². The summed E-state index contributed by atoms with van der Waals surface area (Å²) >= 11 is 0. The third-order valence-corrected chi connectivity index (χ3v) is 4.80. The molecule has 0 bridgehead atoms. The lowest BCUT2D eigenvalue weighted by Crippen LogP contribution is -2.38. The zero-order valence-electron chi connectivity index (χ0n) is 13.9. The van der Waals surface area contributed by atoms with Crippen molar-refractivity contribution < 1.29 is 4.79 Å². The molecule has 0 unspecified atom stereocenters. The van der Waals surface area contributed by atoms with Crippen LogP contribution in [0.4, 0.5) is 0 Å². The smallest absolute Gasteiger partial charge is 0.227 e. The number of hydrogen-bond acceptors (Lipinski definition) is 4. The fraction of sp³-hybridized carbons (Fsp3) is 0.562. The first-order valence-corrected chi connectivity index (χ1v) is 7.99. The molecule has 1 aliphatic heterocycles. The summed E-state index contributed by atoms with van der Waals surface area (Å²) in [4.78, 5) is 14.7. The minimum absolute atomic E-state index is 0.0273. The van der Waals surface area contributed by atoms with E-state index < -0.39 is 0 Å². The maximum Gasteiger partial charge on any atom is 0.227 e. The van der Waals surface area contributed by atoms with Gasteiger partial charge in [-0.05, 0) is 18.6 Å². The molecule has 1 aliphatic rings. The number of aryl methyl sites for hydroxylation is 1. The summed E-state index contributed by atoms with van der Waals surface area (Å²) in [6.07, 6.45) is 5.57. The summed E-state index contributed by atoms with van der Waals surface area (Å²) < 4.78 is 3.72. The van der Waals surface area contributed by atoms with Crippen LogP contribution >= 0.6 is 0 Å². The van der Waals surface area contributed by atoms with Crippen molar-refractivity contribution in [2.75, 3.05) is 26.7 Å². The van der Waals surface area contributed by atoms with Gasteiger partial charge >= 0.3 is 0 Å². The predicted molar refractivity (Wildman–Crippen MR) is 86.9 cm³/mol. The molecule has 0 aromatic carbocycles. The van der Waals surface area contributed by atoms with Gasteiger partial charge in [0, 0.05) is 57.7 Å². The van der Waals surface area contributed by atoms with Crippen LogP contribution in [-0.2, 0) is 18.4 Å². The third-order valence-electron chi connectivity index (χ3n) is 4.80. The van der Waals surface area contributed by atoms with E-state index in [1.165, 1.54) is 5.56 Å². The lowest BCUT2D eigenvalue weighted by atomic mass is 9.88. The molecular formula is C16H24N6O. The summed E-state index contributed by atoms with van der Waals surface area (Å²) in [6, 6.07) is 1.89. The van der Waals surface area contributed by atoms with Crippen LogP contribution in [0.5, 0.6) is 0 Å². The highest BCUT2D eigenvalue weighted by Gasteiger charge is 2.37. The van der Waals surface area contributed by atoms with Crippen molar-refractivity contribution in [3.8, 4) is 0 Å². The molecule has 1 fully saturated rings. The Bertz CT molecular complexity index is 662. The van der Waals surface area contributed by atoms with Crippen molar-refractivity contribution in [1.82, 2.24) is 29.8 Å². The monoisotopic (exact) mass is 316 g/mol. The van der Waals surface area contributed by atoms with Gasteiger partial charge in [0.25, 0.3) is 0 Å². The van der Waals surface area contributed by atoms with Gasteiger partial charge in [0.2, 0.25) is 5.91 Å². The van der Waals surface area contributed by atoms with Crippen LogP contribution in [0.2, 0.25) is 0 Å². The standard InChI is InChI=1S/C16H24N6O/c1-12-13(11-19-21(12)3)14-9-17-10-15(14)16(23)20(2)7-8-22-6-4-5-18-22/h4-6,11,14-15,17H,7-10H2,1-3H3/t14-,15+/m1/s1. The van der Waals surface area contributed by atoms with E-state index in [1.54, 1.807) is 6.20 Å². The lowest BCUT2D eigenvalue weighted by Gasteiger charge is -2.24. The Morgan fingerprint density at radius 1 is 1.43 bits per heavy atom. The van der Waals surface area contributed by atoms with Crippen LogP contribution < -0.4 is 5.32 Å². The average molecular weight is 316 g/mol. The molecule has 2 aromatic rings. The summed E-state index contributed by atoms with van der Waals surface area (Å²) in [5, 5.41) is 11.9. The van der Waals surface area contributed by atoms with E-state index in [9.17, 15) is 4.79 Å². The van der Waals surface area contributed by atoms with Crippen molar-refractivity contribution in [2.45, 2.75) is 19.4 Å². The van der Waals surface area contributed by atoms with Gasteiger partial charge in [0.15, 0.2) is 0 Å². The zero-order valence-corrected chi connectivity index (χ0v) is 13.9. The summed E-state index contributed by atoms with van der Waals surface area (Å²) in [5.74, 6) is 0.360. The Balaban J connectivity index is 1.66. The Hall–Kier alpha value is -2.15. The van der Waals surface area contributed by atoms with E-state index in [-0.39, 0.29) is 17.7 Å². The number of likely N-dealkylation sites (N-methyl/N-ethyl adjacent to an activating group) is 1. The largest absolute Gasteiger partial charge is 0.344 e. The van der Waals surface area contributed by atoms with Gasteiger partial charge < -0.3 is 10.2 Å². The normalized spacial score (nSPS) is 20.8. The van der Waals surface area contributed by atoms with Gasteiger partial charge in [-0.15, -0.1) is 0 Å². The predicted octanol–water partition coefficient (Wildman–Crippen LogP) is 0.387. The number of carbonyl (C=O) groups is 1. The SMILES string of the molecule is Cc1c([C@H]2CNC[C@@H]2C(=O)N(C)CCn2cccn2)cnn1C. The average Bonchev–Trinajstić information content (AvgIpc) is 3.27. The summed E-state index contributed by atoms with van der Waals surface area (Å²) in [5.41, 5.74) is 2.31. The summed E-state index contributed by atoms with van der Waals surface area (Å²) in [7, 11) is 3.81. The van der Waals surface area contributed by atoms with Crippen LogP contribution in [0.15, 0.2) is 24.7 Å². The molecule has 0 spiro atoms. The van der Waals surface area contributed by atoms with E-state index in [0.717, 1.165) is 18.8 Å². The van der Waals surface area contributed by atoms with Gasteiger partial charge in [-0.1, -0.05) is 0 Å². The highest BCUT2D eigenvalue weighted by molar-refractivity contribution is 5.80. The molecule has 7 nitrogen and oxygen atoms in total. The molecule has 1 saturated heterocycles. The number of aromatic nitrogens is 4. The zero-order chi connectivity index (χ0) is 16.4. The van der Waals surface area contributed by atoms with Gasteiger partial charge in [0.05, 0.1) is 18.7 Å². The van der Waals surface area contributed by atoms with Crippen molar-refractivity contribution in [2.24, 2.45) is 13.0 Å². The van der Waals surface area contributed by atoms with Crippen molar-refractivity contribution in [1.29, 1.82) is 0 Å². The number of amides is 1. The number of nitrogens with zero attached hydrogens (tertiary/aromatic N) is 5. The van der Waals surface area contributed by atoms with Crippen molar-refractivity contribution in [3.63, 3.8) is 0 Å². The van der Waals surface area contributed by atoms with Crippen LogP contribution in [0.1, 0.15) is 17.2 Å². The Labute approximate surface area is 136 Å². The molecule has 2 atom stereocenters. The topological polar surface area (TPSA) is 68.0 Å². The van der Waals surface area contributed by atoms with E-state index in [4.69, 9.17) is 0 Å². The maximum atomic E-state index is 12.8. The molecule has 7 heteroatoms. The molecule has 1 N–H and O–H groups in total. The number of carbonyl (C=O) groups excluding carboxylic acids is 1. The van der Waals surface area contributed by atoms with Crippen LogP contribution in [0, 0.1) is 12.8 Å². The highest BCUT2D eigenvalue weighted by Crippen LogP contribution is 2.31. The van der Waals surface area contributed by atoms with Gasteiger partial charge in [0.1, 0.15) is 0 Å². The molecule has 124 valence electrons. The Kier molecular flexibility index (Phi) is 4.47. The second-order valence-electron chi connectivity index (χ2n) is 6.21. The number of nitrogens with one attached hydrogen (secondary N) is 1. The first kappa shape index (κ1) is 15.7. The van der Waals surface area contributed by atoms with Gasteiger partial charge in [-0.25, -0.2) is 0 Å². The van der Waals surface area contributed by atoms with Crippen molar-refractivity contribution in [3.05, 3.63) is 35.9 Å². The first-order valence-electron chi connectivity index (χ1n) is 7.99. The lowest BCUT2D eigenvalue weighted by molar-refractivity contribution is -0.134. The van der Waals surface area contributed by atoms with E-state index in [2.05, 4.69) is 22.4 Å². The van der Waals surface area contributed by atoms with E-state index in [0.29, 0.717) is 13.1 Å². The minimum Gasteiger partial charge on any atom is -0.344 e. The quantitative estimate of drug-likeness (QED) is 0.866. The molecule has 23 heavy (non-hydrogen) atoms. The van der Waals surface area contributed by atoms with E-state index >= 15 is 0 Å². The van der Waals surface area contributed by atoms with Gasteiger partial charge in [-0.3, -0.25) is 14.2 Å². The second-order valence-corrected chi connectivity index (χ2v) is 6.21. The third kappa shape index (κ3) is 3.14. The maximum absolute atomic E-state index is 12.8. The molecule has 2 aromatic heterocycles. The Morgan fingerprint density at radius 2 is 2.26 bits per heavy atom. The van der Waals surface area contributed by atoms with Crippen molar-refractivity contribution >= 4 is 5.91 Å². The molecule has 3 rings (SSSR count). The highest BCUT2D eigenvalue weighted by atomic mass is 16.2. The fourth-order valence-corrected chi connectivity index (χ4v) is 3.22. The molecular weight excluding hydrogens is 292 g/mol. The van der Waals surface area contributed by atoms with Crippen LogP contribution in [0.3, 0.4) is 0 Å². The molecule has 1 amide bonds. The fourth-order valence-electron chi connectivity index (χ4n) is 3.22. The summed E-state index contributed by atoms with van der Waals surface area (Å²) in [6.45, 7) is 4.99. The second kappa shape index (κ2) is 6.54. The molecule has 0 saturated carbocycles. The van der Waals surface area contributed by atoms with E-state index in [1.807, 2.05) is 46.8 Å². The molecule has 3 heterocycles. The first-order chi connectivity index (χ1) is 11.1. The molecule has 0 aliphatic carbocycles. The minimum atomic E-state index is -0.0273. The molecule has 0 radical (unpaired) electrons. The van der Waals surface area contributed by atoms with Crippen LogP contribution in [0.25, 0.3) is 0 Å². The van der Waals surface area contributed by atoms with Crippen LogP contribution in [-0.4, -0.2) is 57.1 Å². The number of hydrogen-bond donors (Lipinski definition) is 1. The Morgan fingerprint density at radius 3 is 2.91 bits per heavy atom.